The molecule has 0 aliphatic heterocycles. The van der Waals surface area contributed by atoms with Crippen molar-refractivity contribution in [3.63, 3.8) is 0 Å². The molecule has 0 atom stereocenters. The summed E-state index contributed by atoms with van der Waals surface area (Å²) in [6.45, 7) is 0. The van der Waals surface area contributed by atoms with Crippen LogP contribution in [0.1, 0.15) is 20.7 Å². The standard InChI is InChI=1S/C18H18ClN3O6/c1-21(2)18(24)12-8-15(27-3)16(28-4)9-14(12)20-17(23)11-6-5-10(22(25)26)7-13(11)19/h5-9H,1-4H3,(H,20,23). The van der Waals surface area contributed by atoms with Crippen molar-refractivity contribution in [2.75, 3.05) is 33.6 Å². The number of methoxy groups -OCH3 is 2. The molecule has 0 aliphatic rings. The molecule has 148 valence electrons. The zero-order chi connectivity index (χ0) is 21.0. The van der Waals surface area contributed by atoms with Crippen molar-refractivity contribution in [1.29, 1.82) is 0 Å². The number of anilines is 1. The average Bonchev–Trinajstić information content (AvgIpc) is 2.66. The van der Waals surface area contributed by atoms with Crippen LogP contribution in [0.15, 0.2) is 30.3 Å². The van der Waals surface area contributed by atoms with Crippen LogP contribution in [0.2, 0.25) is 5.02 Å². The third kappa shape index (κ3) is 4.32. The molecule has 0 heterocycles. The number of nitrogens with zero attached hydrogens (tertiary/aromatic N) is 2. The number of hydrogen-bond donors (Lipinski definition) is 1. The molecule has 2 aromatic rings. The van der Waals surface area contributed by atoms with Gasteiger partial charge in [-0.3, -0.25) is 19.7 Å². The van der Waals surface area contributed by atoms with Gasteiger partial charge >= 0.3 is 0 Å². The SMILES string of the molecule is COc1cc(NC(=O)c2ccc([N+](=O)[O-])cc2Cl)c(C(=O)N(C)C)cc1OC. The monoisotopic (exact) mass is 407 g/mol. The van der Waals surface area contributed by atoms with Crippen LogP contribution in [-0.4, -0.2) is 50.0 Å². The van der Waals surface area contributed by atoms with Gasteiger partial charge in [-0.1, -0.05) is 11.6 Å². The maximum Gasteiger partial charge on any atom is 0.270 e. The minimum Gasteiger partial charge on any atom is -0.493 e. The lowest BCUT2D eigenvalue weighted by atomic mass is 10.1. The van der Waals surface area contributed by atoms with E-state index in [0.29, 0.717) is 11.5 Å². The number of rotatable bonds is 6. The Morgan fingerprint density at radius 2 is 1.68 bits per heavy atom. The Hall–Kier alpha value is -3.33. The van der Waals surface area contributed by atoms with Crippen LogP contribution in [0.5, 0.6) is 11.5 Å². The molecule has 0 saturated carbocycles. The predicted molar refractivity (Wildman–Crippen MR) is 104 cm³/mol. The fourth-order valence-electron chi connectivity index (χ4n) is 2.39. The first-order valence-corrected chi connectivity index (χ1v) is 8.30. The molecule has 9 nitrogen and oxygen atoms in total. The first kappa shape index (κ1) is 21.0. The van der Waals surface area contributed by atoms with E-state index in [1.165, 1.54) is 43.4 Å². The zero-order valence-corrected chi connectivity index (χ0v) is 16.4. The zero-order valence-electron chi connectivity index (χ0n) is 15.6. The second kappa shape index (κ2) is 8.57. The molecular weight excluding hydrogens is 390 g/mol. The van der Waals surface area contributed by atoms with E-state index in [-0.39, 0.29) is 33.4 Å². The molecular formula is C18H18ClN3O6. The van der Waals surface area contributed by atoms with Gasteiger partial charge < -0.3 is 19.7 Å². The Bertz CT molecular complexity index is 945. The van der Waals surface area contributed by atoms with Gasteiger partial charge in [0.2, 0.25) is 0 Å². The number of ether oxygens (including phenoxy) is 2. The molecule has 0 radical (unpaired) electrons. The van der Waals surface area contributed by atoms with E-state index in [1.807, 2.05) is 0 Å². The Morgan fingerprint density at radius 1 is 1.07 bits per heavy atom. The smallest absolute Gasteiger partial charge is 0.270 e. The first-order chi connectivity index (χ1) is 13.2. The normalized spacial score (nSPS) is 10.2. The molecule has 0 unspecified atom stereocenters. The Balaban J connectivity index is 2.48. The lowest BCUT2D eigenvalue weighted by molar-refractivity contribution is -0.384. The molecule has 0 aliphatic carbocycles. The number of benzene rings is 2. The van der Waals surface area contributed by atoms with Gasteiger partial charge in [0.05, 0.1) is 41.0 Å². The van der Waals surface area contributed by atoms with Gasteiger partial charge in [-0.2, -0.15) is 0 Å². The molecule has 0 saturated heterocycles. The second-order valence-electron chi connectivity index (χ2n) is 5.83. The minimum absolute atomic E-state index is 0.0188. The Labute approximate surface area is 165 Å². The number of nitrogens with one attached hydrogen (secondary N) is 1. The average molecular weight is 408 g/mol. The lowest BCUT2D eigenvalue weighted by Gasteiger charge is -2.18. The fraction of sp³-hybridized carbons (Fsp3) is 0.222. The highest BCUT2D eigenvalue weighted by Crippen LogP contribution is 2.34. The topological polar surface area (TPSA) is 111 Å². The van der Waals surface area contributed by atoms with Crippen LogP contribution in [0, 0.1) is 10.1 Å². The van der Waals surface area contributed by atoms with Crippen molar-refractivity contribution in [2.45, 2.75) is 0 Å². The van der Waals surface area contributed by atoms with Crippen molar-refractivity contribution >= 4 is 34.8 Å². The summed E-state index contributed by atoms with van der Waals surface area (Å²) in [4.78, 5) is 36.7. The molecule has 28 heavy (non-hydrogen) atoms. The first-order valence-electron chi connectivity index (χ1n) is 7.92. The van der Waals surface area contributed by atoms with Gasteiger partial charge in [-0.25, -0.2) is 0 Å². The highest BCUT2D eigenvalue weighted by Gasteiger charge is 2.22. The summed E-state index contributed by atoms with van der Waals surface area (Å²) in [5.41, 5.74) is 0.131. The number of non-ortho nitro benzene ring substituents is 1. The maximum absolute atomic E-state index is 12.7. The molecule has 0 bridgehead atoms. The third-order valence-corrected chi connectivity index (χ3v) is 4.13. The van der Waals surface area contributed by atoms with Crippen LogP contribution in [0.3, 0.4) is 0 Å². The van der Waals surface area contributed by atoms with E-state index in [4.69, 9.17) is 21.1 Å². The Kier molecular flexibility index (Phi) is 6.42. The number of nitro benzene ring substituents is 1. The summed E-state index contributed by atoms with van der Waals surface area (Å²) in [5, 5.41) is 13.3. The van der Waals surface area contributed by atoms with Crippen LogP contribution in [0.4, 0.5) is 11.4 Å². The van der Waals surface area contributed by atoms with Crippen molar-refractivity contribution in [3.8, 4) is 11.5 Å². The van der Waals surface area contributed by atoms with Gasteiger partial charge in [-0.15, -0.1) is 0 Å². The largest absolute Gasteiger partial charge is 0.493 e. The molecule has 0 spiro atoms. The minimum atomic E-state index is -0.639. The van der Waals surface area contributed by atoms with Crippen molar-refractivity contribution in [2.24, 2.45) is 0 Å². The molecule has 0 fully saturated rings. The van der Waals surface area contributed by atoms with Crippen molar-refractivity contribution in [1.82, 2.24) is 4.90 Å². The lowest BCUT2D eigenvalue weighted by Crippen LogP contribution is -2.24. The summed E-state index contributed by atoms with van der Waals surface area (Å²) in [5.74, 6) is -0.382. The number of halogens is 1. The summed E-state index contributed by atoms with van der Waals surface area (Å²) in [6, 6.07) is 6.39. The van der Waals surface area contributed by atoms with E-state index >= 15 is 0 Å². The van der Waals surface area contributed by atoms with Crippen LogP contribution < -0.4 is 14.8 Å². The van der Waals surface area contributed by atoms with Gasteiger partial charge in [0, 0.05) is 32.3 Å². The number of hydrogen-bond acceptors (Lipinski definition) is 6. The van der Waals surface area contributed by atoms with E-state index < -0.39 is 10.8 Å². The van der Waals surface area contributed by atoms with E-state index in [1.54, 1.807) is 14.1 Å². The molecule has 10 heteroatoms. The fourth-order valence-corrected chi connectivity index (χ4v) is 2.65. The molecule has 2 rings (SSSR count). The van der Waals surface area contributed by atoms with Crippen LogP contribution >= 0.6 is 11.6 Å². The highest BCUT2D eigenvalue weighted by molar-refractivity contribution is 6.34. The van der Waals surface area contributed by atoms with E-state index in [0.717, 1.165) is 6.07 Å². The summed E-state index contributed by atoms with van der Waals surface area (Å²) >= 11 is 6.01. The number of amides is 2. The number of carbonyl (C=O) groups is 2. The number of carbonyl (C=O) groups excluding carboxylic acids is 2. The van der Waals surface area contributed by atoms with Crippen LogP contribution in [0.25, 0.3) is 0 Å². The third-order valence-electron chi connectivity index (χ3n) is 3.82. The second-order valence-corrected chi connectivity index (χ2v) is 6.23. The predicted octanol–water partition coefficient (Wildman–Crippen LogP) is 3.22. The molecule has 2 aromatic carbocycles. The summed E-state index contributed by atoms with van der Waals surface area (Å²) < 4.78 is 10.4. The number of nitro groups is 1. The molecule has 2 amide bonds. The molecule has 0 aromatic heterocycles. The highest BCUT2D eigenvalue weighted by atomic mass is 35.5. The van der Waals surface area contributed by atoms with Gasteiger partial charge in [0.15, 0.2) is 11.5 Å². The van der Waals surface area contributed by atoms with Gasteiger partial charge in [0.1, 0.15) is 0 Å². The van der Waals surface area contributed by atoms with Crippen molar-refractivity contribution in [3.05, 3.63) is 56.6 Å². The van der Waals surface area contributed by atoms with E-state index in [9.17, 15) is 19.7 Å². The quantitative estimate of drug-likeness (QED) is 0.581. The van der Waals surface area contributed by atoms with Gasteiger partial charge in [0.25, 0.3) is 17.5 Å². The molecule has 1 N–H and O–H groups in total. The van der Waals surface area contributed by atoms with Crippen LogP contribution in [-0.2, 0) is 0 Å². The van der Waals surface area contributed by atoms with Crippen molar-refractivity contribution < 1.29 is 24.0 Å². The maximum atomic E-state index is 12.7. The van der Waals surface area contributed by atoms with E-state index in [2.05, 4.69) is 5.32 Å². The summed E-state index contributed by atoms with van der Waals surface area (Å²) in [7, 11) is 5.98. The summed E-state index contributed by atoms with van der Waals surface area (Å²) in [6.07, 6.45) is 0. The van der Waals surface area contributed by atoms with Gasteiger partial charge in [-0.05, 0) is 12.1 Å². The Morgan fingerprint density at radius 3 is 2.18 bits per heavy atom.